The molecule has 140 valence electrons. The van der Waals surface area contributed by atoms with Crippen molar-refractivity contribution in [3.05, 3.63) is 36.0 Å². The summed E-state index contributed by atoms with van der Waals surface area (Å²) in [4.78, 5) is 41.0. The molecule has 0 aliphatic carbocycles. The van der Waals surface area contributed by atoms with Gasteiger partial charge < -0.3 is 19.2 Å². The Morgan fingerprint density at radius 2 is 1.50 bits per heavy atom. The van der Waals surface area contributed by atoms with Crippen molar-refractivity contribution in [2.75, 3.05) is 19.8 Å². The Kier molecular flexibility index (Phi) is 6.38. The summed E-state index contributed by atoms with van der Waals surface area (Å²) in [5.74, 6) is -2.39. The van der Waals surface area contributed by atoms with Crippen molar-refractivity contribution in [2.24, 2.45) is 0 Å². The third kappa shape index (κ3) is 3.71. The second-order valence-electron chi connectivity index (χ2n) is 5.60. The summed E-state index contributed by atoms with van der Waals surface area (Å²) in [6.45, 7) is 5.16. The lowest BCUT2D eigenvalue weighted by atomic mass is 9.80. The lowest BCUT2D eigenvalue weighted by molar-refractivity contribution is -0.170. The summed E-state index contributed by atoms with van der Waals surface area (Å²) >= 11 is 0. The number of nitrogens with one attached hydrogen (secondary N) is 1. The number of ether oxygens (including phenoxy) is 3. The Bertz CT molecular complexity index is 743. The van der Waals surface area contributed by atoms with Gasteiger partial charge in [-0.15, -0.1) is 0 Å². The molecule has 0 aliphatic heterocycles. The molecule has 0 fully saturated rings. The van der Waals surface area contributed by atoms with Gasteiger partial charge in [-0.05, 0) is 38.3 Å². The fourth-order valence-electron chi connectivity index (χ4n) is 2.78. The average Bonchev–Trinajstić information content (AvgIpc) is 3.04. The number of esters is 3. The number of aromatic nitrogens is 1. The zero-order valence-electron chi connectivity index (χ0n) is 15.2. The van der Waals surface area contributed by atoms with E-state index in [1.165, 1.54) is 0 Å². The Morgan fingerprint density at radius 3 is 2.04 bits per heavy atom. The maximum Gasteiger partial charge on any atom is 0.330 e. The Morgan fingerprint density at radius 1 is 0.923 bits per heavy atom. The topological polar surface area (TPSA) is 94.7 Å². The number of fused-ring (bicyclic) bond motifs is 1. The van der Waals surface area contributed by atoms with Crippen molar-refractivity contribution in [1.29, 1.82) is 0 Å². The molecule has 1 N–H and O–H groups in total. The predicted octanol–water partition coefficient (Wildman–Crippen LogP) is 2.49. The van der Waals surface area contributed by atoms with Crippen LogP contribution in [-0.2, 0) is 34.0 Å². The molecule has 7 nitrogen and oxygen atoms in total. The zero-order chi connectivity index (χ0) is 19.2. The smallest absolute Gasteiger partial charge is 0.330 e. The SMILES string of the molecule is CCOC(=O)CC(C(=O)OCC)(C(=O)OCC)c1cc2ccccc2[nH]1. The van der Waals surface area contributed by atoms with E-state index in [-0.39, 0.29) is 25.5 Å². The van der Waals surface area contributed by atoms with Crippen molar-refractivity contribution in [3.8, 4) is 0 Å². The van der Waals surface area contributed by atoms with Gasteiger partial charge in [-0.3, -0.25) is 14.4 Å². The van der Waals surface area contributed by atoms with Crippen LogP contribution in [-0.4, -0.2) is 42.7 Å². The first-order valence-electron chi connectivity index (χ1n) is 8.57. The number of benzene rings is 1. The number of para-hydroxylation sites is 1. The molecule has 0 spiro atoms. The molecule has 1 heterocycles. The molecule has 0 atom stereocenters. The maximum absolute atomic E-state index is 12.8. The third-order valence-electron chi connectivity index (χ3n) is 3.95. The van der Waals surface area contributed by atoms with E-state index in [2.05, 4.69) is 4.98 Å². The highest BCUT2D eigenvalue weighted by Crippen LogP contribution is 2.34. The van der Waals surface area contributed by atoms with Gasteiger partial charge in [0.05, 0.1) is 26.2 Å². The molecule has 26 heavy (non-hydrogen) atoms. The Hall–Kier alpha value is -2.83. The summed E-state index contributed by atoms with van der Waals surface area (Å²) in [6.07, 6.45) is -0.509. The minimum atomic E-state index is -1.95. The van der Waals surface area contributed by atoms with Crippen molar-refractivity contribution < 1.29 is 28.6 Å². The molecular weight excluding hydrogens is 338 g/mol. The third-order valence-corrected chi connectivity index (χ3v) is 3.95. The van der Waals surface area contributed by atoms with Crippen LogP contribution >= 0.6 is 0 Å². The summed E-state index contributed by atoms with van der Waals surface area (Å²) < 4.78 is 15.3. The van der Waals surface area contributed by atoms with Crippen LogP contribution in [0.15, 0.2) is 30.3 Å². The van der Waals surface area contributed by atoms with Crippen LogP contribution in [0.3, 0.4) is 0 Å². The number of aromatic amines is 1. The van der Waals surface area contributed by atoms with E-state index in [9.17, 15) is 14.4 Å². The summed E-state index contributed by atoms with van der Waals surface area (Å²) in [6, 6.07) is 8.96. The van der Waals surface area contributed by atoms with Gasteiger partial charge in [0, 0.05) is 11.2 Å². The highest BCUT2D eigenvalue weighted by Gasteiger charge is 2.54. The number of carbonyl (C=O) groups excluding carboxylic acids is 3. The van der Waals surface area contributed by atoms with Crippen molar-refractivity contribution in [2.45, 2.75) is 32.6 Å². The van der Waals surface area contributed by atoms with Crippen LogP contribution in [0.5, 0.6) is 0 Å². The molecule has 0 bridgehead atoms. The lowest BCUT2D eigenvalue weighted by Crippen LogP contribution is -2.48. The molecule has 7 heteroatoms. The lowest BCUT2D eigenvalue weighted by Gasteiger charge is -2.27. The van der Waals surface area contributed by atoms with E-state index < -0.39 is 29.7 Å². The van der Waals surface area contributed by atoms with Gasteiger partial charge in [0.2, 0.25) is 5.41 Å². The quantitative estimate of drug-likeness (QED) is 0.441. The van der Waals surface area contributed by atoms with Crippen molar-refractivity contribution in [3.63, 3.8) is 0 Å². The molecule has 2 rings (SSSR count). The first-order chi connectivity index (χ1) is 12.5. The molecule has 2 aromatic rings. The number of rotatable bonds is 8. The van der Waals surface area contributed by atoms with Crippen LogP contribution in [0.4, 0.5) is 0 Å². The summed E-state index contributed by atoms with van der Waals surface area (Å²) in [5, 5.41) is 0.796. The fourth-order valence-corrected chi connectivity index (χ4v) is 2.78. The monoisotopic (exact) mass is 361 g/mol. The number of carbonyl (C=O) groups is 3. The van der Waals surface area contributed by atoms with Gasteiger partial charge in [-0.25, -0.2) is 0 Å². The zero-order valence-corrected chi connectivity index (χ0v) is 15.2. The largest absolute Gasteiger partial charge is 0.466 e. The number of H-pyrrole nitrogens is 1. The molecule has 0 saturated carbocycles. The summed E-state index contributed by atoms with van der Waals surface area (Å²) in [5.41, 5.74) is -0.981. The Labute approximate surface area is 151 Å². The highest BCUT2D eigenvalue weighted by molar-refractivity contribution is 6.09. The predicted molar refractivity (Wildman–Crippen MR) is 94.5 cm³/mol. The average molecular weight is 361 g/mol. The maximum atomic E-state index is 12.8. The first kappa shape index (κ1) is 19.5. The van der Waals surface area contributed by atoms with E-state index in [1.54, 1.807) is 26.8 Å². The highest BCUT2D eigenvalue weighted by atomic mass is 16.6. The van der Waals surface area contributed by atoms with Gasteiger partial charge in [-0.2, -0.15) is 0 Å². The van der Waals surface area contributed by atoms with Crippen LogP contribution in [0.2, 0.25) is 0 Å². The van der Waals surface area contributed by atoms with Gasteiger partial charge in [0.1, 0.15) is 0 Å². The van der Waals surface area contributed by atoms with E-state index in [1.807, 2.05) is 24.3 Å². The summed E-state index contributed by atoms with van der Waals surface area (Å²) in [7, 11) is 0. The molecule has 0 radical (unpaired) electrons. The normalized spacial score (nSPS) is 11.2. The van der Waals surface area contributed by atoms with Crippen LogP contribution in [0.25, 0.3) is 10.9 Å². The Balaban J connectivity index is 2.64. The van der Waals surface area contributed by atoms with E-state index >= 15 is 0 Å². The standard InChI is InChI=1S/C19H23NO6/c1-4-24-16(21)12-19(17(22)25-5-2,18(23)26-6-3)15-11-13-9-7-8-10-14(13)20-15/h7-11,20H,4-6,12H2,1-3H3. The van der Waals surface area contributed by atoms with E-state index in [0.29, 0.717) is 0 Å². The van der Waals surface area contributed by atoms with Gasteiger partial charge >= 0.3 is 17.9 Å². The minimum absolute atomic E-state index is 0.0586. The van der Waals surface area contributed by atoms with Gasteiger partial charge in [0.15, 0.2) is 0 Å². The second-order valence-corrected chi connectivity index (χ2v) is 5.60. The van der Waals surface area contributed by atoms with Gasteiger partial charge in [0.25, 0.3) is 0 Å². The van der Waals surface area contributed by atoms with Crippen LogP contribution < -0.4 is 0 Å². The van der Waals surface area contributed by atoms with Crippen molar-refractivity contribution in [1.82, 2.24) is 4.98 Å². The van der Waals surface area contributed by atoms with Crippen LogP contribution in [0.1, 0.15) is 32.9 Å². The fraction of sp³-hybridized carbons (Fsp3) is 0.421. The first-order valence-corrected chi connectivity index (χ1v) is 8.57. The van der Waals surface area contributed by atoms with E-state index in [4.69, 9.17) is 14.2 Å². The molecule has 1 aromatic carbocycles. The van der Waals surface area contributed by atoms with Crippen molar-refractivity contribution >= 4 is 28.8 Å². The number of hydrogen-bond donors (Lipinski definition) is 1. The molecule has 0 unspecified atom stereocenters. The molecule has 0 aliphatic rings. The second kappa shape index (κ2) is 8.51. The molecule has 0 saturated heterocycles. The van der Waals surface area contributed by atoms with Crippen LogP contribution in [0, 0.1) is 0 Å². The molecular formula is C19H23NO6. The van der Waals surface area contributed by atoms with E-state index in [0.717, 1.165) is 10.9 Å². The minimum Gasteiger partial charge on any atom is -0.466 e. The molecule has 1 aromatic heterocycles. The number of hydrogen-bond acceptors (Lipinski definition) is 6. The van der Waals surface area contributed by atoms with Gasteiger partial charge in [-0.1, -0.05) is 18.2 Å². The molecule has 0 amide bonds.